The summed E-state index contributed by atoms with van der Waals surface area (Å²) in [6.07, 6.45) is -4.75. The van der Waals surface area contributed by atoms with Crippen molar-refractivity contribution in [2.75, 3.05) is 14.2 Å². The van der Waals surface area contributed by atoms with Crippen LogP contribution in [0, 0.1) is 12.7 Å². The van der Waals surface area contributed by atoms with Crippen LogP contribution in [0.5, 0.6) is 0 Å². The van der Waals surface area contributed by atoms with Crippen LogP contribution < -0.4 is 5.32 Å². The summed E-state index contributed by atoms with van der Waals surface area (Å²) in [6.45, 7) is 2.94. The Kier molecular flexibility index (Phi) is 7.73. The van der Waals surface area contributed by atoms with E-state index in [1.807, 2.05) is 0 Å². The van der Waals surface area contributed by atoms with E-state index in [1.165, 1.54) is 21.1 Å². The van der Waals surface area contributed by atoms with Crippen LogP contribution in [0.25, 0.3) is 0 Å². The number of alkyl halides is 3. The number of halogens is 4. The highest BCUT2D eigenvalue weighted by molar-refractivity contribution is 6.45. The number of nitrogens with zero attached hydrogens (tertiary/aromatic N) is 2. The third-order valence-corrected chi connectivity index (χ3v) is 4.38. The normalized spacial score (nSPS) is 12.5. The van der Waals surface area contributed by atoms with Gasteiger partial charge < -0.3 is 15.0 Å². The third kappa shape index (κ3) is 5.80. The number of hydrogen-bond acceptors (Lipinski definition) is 5. The Morgan fingerprint density at radius 2 is 1.84 bits per heavy atom. The van der Waals surface area contributed by atoms with Gasteiger partial charge in [-0.05, 0) is 37.6 Å². The predicted octanol–water partition coefficient (Wildman–Crippen LogP) is 4.19. The maximum atomic E-state index is 13.3. The summed E-state index contributed by atoms with van der Waals surface area (Å²) in [6, 6.07) is 7.44. The second kappa shape index (κ2) is 10.1. The summed E-state index contributed by atoms with van der Waals surface area (Å²) in [4.78, 5) is 22.2. The number of amides is 1. The van der Waals surface area contributed by atoms with Gasteiger partial charge in [-0.1, -0.05) is 28.5 Å². The molecular formula is C21H21F4N3O3. The van der Waals surface area contributed by atoms with Gasteiger partial charge in [0.1, 0.15) is 19.5 Å². The van der Waals surface area contributed by atoms with E-state index in [4.69, 9.17) is 9.68 Å². The van der Waals surface area contributed by atoms with Gasteiger partial charge in [-0.3, -0.25) is 4.79 Å². The average molecular weight is 439 g/mol. The molecule has 1 N–H and O–H groups in total. The van der Waals surface area contributed by atoms with Gasteiger partial charge >= 0.3 is 6.18 Å². The van der Waals surface area contributed by atoms with E-state index in [-0.39, 0.29) is 23.6 Å². The molecule has 10 heteroatoms. The summed E-state index contributed by atoms with van der Waals surface area (Å²) in [5, 5.41) is 9.99. The SMILES string of the molecule is CNC(=O)/C(=N/OC)c1cccc(C)c1CO/N=C(\C)c1ccc(F)cc1C(F)(F)F. The van der Waals surface area contributed by atoms with Gasteiger partial charge in [-0.2, -0.15) is 13.2 Å². The summed E-state index contributed by atoms with van der Waals surface area (Å²) in [7, 11) is 2.73. The number of hydrogen-bond donors (Lipinski definition) is 1. The molecule has 0 aliphatic heterocycles. The Morgan fingerprint density at radius 3 is 2.45 bits per heavy atom. The second-order valence-corrected chi connectivity index (χ2v) is 6.44. The van der Waals surface area contributed by atoms with E-state index in [1.54, 1.807) is 25.1 Å². The monoisotopic (exact) mass is 439 g/mol. The standard InChI is InChI=1S/C21H21F4N3O3/c1-12-6-5-7-16(19(28-30-4)20(29)26-3)17(12)11-31-27-13(2)15-9-8-14(22)10-18(15)21(23,24)25/h5-10H,11H2,1-4H3,(H,26,29)/b27-13+,28-19+. The largest absolute Gasteiger partial charge is 0.417 e. The van der Waals surface area contributed by atoms with E-state index in [0.717, 1.165) is 17.7 Å². The Bertz CT molecular complexity index is 1020. The fourth-order valence-electron chi connectivity index (χ4n) is 2.85. The summed E-state index contributed by atoms with van der Waals surface area (Å²) < 4.78 is 53.0. The number of oxime groups is 2. The van der Waals surface area contributed by atoms with Crippen LogP contribution in [-0.4, -0.2) is 31.5 Å². The van der Waals surface area contributed by atoms with E-state index < -0.39 is 23.5 Å². The highest BCUT2D eigenvalue weighted by atomic mass is 19.4. The lowest BCUT2D eigenvalue weighted by Gasteiger charge is -2.14. The summed E-state index contributed by atoms with van der Waals surface area (Å²) >= 11 is 0. The van der Waals surface area contributed by atoms with Crippen molar-refractivity contribution in [3.8, 4) is 0 Å². The van der Waals surface area contributed by atoms with Crippen LogP contribution in [-0.2, 0) is 27.3 Å². The highest BCUT2D eigenvalue weighted by Gasteiger charge is 2.34. The number of likely N-dealkylation sites (N-methyl/N-ethyl adjacent to an activating group) is 1. The summed E-state index contributed by atoms with van der Waals surface area (Å²) in [5.41, 5.74) is 0.190. The molecule has 0 aromatic heterocycles. The summed E-state index contributed by atoms with van der Waals surface area (Å²) in [5.74, 6) is -1.50. The van der Waals surface area contributed by atoms with Crippen LogP contribution in [0.1, 0.15) is 34.7 Å². The van der Waals surface area contributed by atoms with Crippen LogP contribution in [0.4, 0.5) is 17.6 Å². The van der Waals surface area contributed by atoms with Crippen LogP contribution in [0.2, 0.25) is 0 Å². The zero-order valence-corrected chi connectivity index (χ0v) is 17.3. The number of nitrogens with one attached hydrogen (secondary N) is 1. The molecule has 166 valence electrons. The van der Waals surface area contributed by atoms with Crippen molar-refractivity contribution < 1.29 is 32.0 Å². The minimum atomic E-state index is -4.75. The molecule has 0 saturated carbocycles. The lowest BCUT2D eigenvalue weighted by Crippen LogP contribution is -2.29. The Morgan fingerprint density at radius 1 is 1.13 bits per heavy atom. The first-order valence-electron chi connectivity index (χ1n) is 9.05. The number of rotatable bonds is 7. The van der Waals surface area contributed by atoms with Crippen LogP contribution in [0.3, 0.4) is 0 Å². The van der Waals surface area contributed by atoms with Crippen molar-refractivity contribution in [2.45, 2.75) is 26.6 Å². The number of carbonyl (C=O) groups excluding carboxylic acids is 1. The lowest BCUT2D eigenvalue weighted by molar-refractivity contribution is -0.137. The molecule has 2 aromatic carbocycles. The molecule has 0 radical (unpaired) electrons. The molecule has 6 nitrogen and oxygen atoms in total. The van der Waals surface area contributed by atoms with Gasteiger partial charge in [0, 0.05) is 23.7 Å². The van der Waals surface area contributed by atoms with Gasteiger partial charge in [0.2, 0.25) is 0 Å². The van der Waals surface area contributed by atoms with E-state index in [9.17, 15) is 22.4 Å². The van der Waals surface area contributed by atoms with Crippen molar-refractivity contribution in [2.24, 2.45) is 10.3 Å². The fourth-order valence-corrected chi connectivity index (χ4v) is 2.85. The minimum Gasteiger partial charge on any atom is -0.398 e. The van der Waals surface area contributed by atoms with Gasteiger partial charge in [0.15, 0.2) is 5.71 Å². The van der Waals surface area contributed by atoms with Crippen molar-refractivity contribution in [1.29, 1.82) is 0 Å². The van der Waals surface area contributed by atoms with Gasteiger partial charge in [-0.15, -0.1) is 0 Å². The Hall–Kier alpha value is -3.43. The van der Waals surface area contributed by atoms with Crippen molar-refractivity contribution in [3.05, 3.63) is 70.0 Å². The quantitative estimate of drug-likeness (QED) is 0.400. The molecule has 31 heavy (non-hydrogen) atoms. The molecule has 0 saturated heterocycles. The van der Waals surface area contributed by atoms with E-state index in [0.29, 0.717) is 17.2 Å². The third-order valence-electron chi connectivity index (χ3n) is 4.38. The molecule has 0 unspecified atom stereocenters. The fraction of sp³-hybridized carbons (Fsp3) is 0.286. The van der Waals surface area contributed by atoms with Gasteiger partial charge in [0.05, 0.1) is 11.3 Å². The molecule has 0 fully saturated rings. The molecule has 2 aromatic rings. The predicted molar refractivity (Wildman–Crippen MR) is 107 cm³/mol. The molecule has 2 rings (SSSR count). The molecule has 0 aliphatic carbocycles. The number of benzene rings is 2. The molecule has 0 bridgehead atoms. The van der Waals surface area contributed by atoms with Crippen molar-refractivity contribution in [3.63, 3.8) is 0 Å². The number of carbonyl (C=O) groups is 1. The first kappa shape index (κ1) is 23.8. The van der Waals surface area contributed by atoms with E-state index >= 15 is 0 Å². The zero-order valence-electron chi connectivity index (χ0n) is 17.3. The smallest absolute Gasteiger partial charge is 0.398 e. The highest BCUT2D eigenvalue weighted by Crippen LogP contribution is 2.33. The average Bonchev–Trinajstić information content (AvgIpc) is 2.72. The molecule has 0 heterocycles. The molecule has 0 aliphatic rings. The zero-order chi connectivity index (χ0) is 23.2. The Labute approximate surface area is 176 Å². The maximum absolute atomic E-state index is 13.3. The number of aryl methyl sites for hydroxylation is 1. The first-order valence-corrected chi connectivity index (χ1v) is 9.05. The lowest BCUT2D eigenvalue weighted by atomic mass is 9.98. The molecule has 1 amide bonds. The first-order chi connectivity index (χ1) is 14.6. The maximum Gasteiger partial charge on any atom is 0.417 e. The van der Waals surface area contributed by atoms with Crippen LogP contribution >= 0.6 is 0 Å². The van der Waals surface area contributed by atoms with E-state index in [2.05, 4.69) is 15.6 Å². The van der Waals surface area contributed by atoms with Gasteiger partial charge in [0.25, 0.3) is 5.91 Å². The molecule has 0 spiro atoms. The molecule has 0 atom stereocenters. The minimum absolute atomic E-state index is 0.00546. The topological polar surface area (TPSA) is 72.3 Å². The molecular weight excluding hydrogens is 418 g/mol. The van der Waals surface area contributed by atoms with Gasteiger partial charge in [-0.25, -0.2) is 4.39 Å². The second-order valence-electron chi connectivity index (χ2n) is 6.44. The van der Waals surface area contributed by atoms with Crippen molar-refractivity contribution >= 4 is 17.3 Å². The van der Waals surface area contributed by atoms with Crippen LogP contribution in [0.15, 0.2) is 46.7 Å². The van der Waals surface area contributed by atoms with Crippen molar-refractivity contribution in [1.82, 2.24) is 5.32 Å². The Balaban J connectivity index is 2.36.